The van der Waals surface area contributed by atoms with Crippen molar-refractivity contribution in [3.63, 3.8) is 0 Å². The number of halogens is 4. The second kappa shape index (κ2) is 12.5. The van der Waals surface area contributed by atoms with Crippen LogP contribution >= 0.6 is 0 Å². The standard InChI is InChI=1S/C41H40F4N3O4/c1-21(2)41(50)51-24-11-17-48(18-12-24)40(49)31-30(32(42)34(44)35(45)33(31)43)29-27-19-22-7-3-13-46-15-5-9-25(36(22)46)38(27)52-39-26-10-6-16-47-14-4-8-23(37(26)47)20-28(29)39/h19-20,24H,1,3-18H2,2H3/q+1. The number of hydrogen-bond acceptors (Lipinski definition) is 5. The molecule has 0 spiro atoms. The molecule has 0 unspecified atom stereocenters. The first-order valence-corrected chi connectivity index (χ1v) is 18.6. The molecule has 1 fully saturated rings. The lowest BCUT2D eigenvalue weighted by atomic mass is 9.81. The van der Waals surface area contributed by atoms with Gasteiger partial charge in [-0.3, -0.25) is 4.79 Å². The van der Waals surface area contributed by atoms with Gasteiger partial charge >= 0.3 is 5.97 Å². The monoisotopic (exact) mass is 714 g/mol. The van der Waals surface area contributed by atoms with Crippen LogP contribution in [0.4, 0.5) is 23.2 Å². The molecule has 1 amide bonds. The van der Waals surface area contributed by atoms with E-state index in [-0.39, 0.29) is 37.1 Å². The number of aryl methyl sites for hydroxylation is 2. The van der Waals surface area contributed by atoms with E-state index in [0.717, 1.165) is 98.0 Å². The zero-order valence-corrected chi connectivity index (χ0v) is 29.2. The highest BCUT2D eigenvalue weighted by Crippen LogP contribution is 2.49. The minimum atomic E-state index is -2.03. The van der Waals surface area contributed by atoms with Crippen molar-refractivity contribution in [1.82, 2.24) is 9.48 Å². The zero-order chi connectivity index (χ0) is 36.0. The number of fused-ring (bicyclic) bond motifs is 4. The van der Waals surface area contributed by atoms with Crippen LogP contribution in [0.2, 0.25) is 0 Å². The molecule has 270 valence electrons. The Bertz CT molecular complexity index is 2250. The molecule has 11 heteroatoms. The highest BCUT2D eigenvalue weighted by atomic mass is 19.2. The second-order valence-corrected chi connectivity index (χ2v) is 15.0. The fourth-order valence-corrected chi connectivity index (χ4v) is 9.44. The summed E-state index contributed by atoms with van der Waals surface area (Å²) < 4.78 is 78.9. The highest BCUT2D eigenvalue weighted by Gasteiger charge is 2.40. The minimum Gasteiger partial charge on any atom is -0.459 e. The fraction of sp³-hybridized carbons (Fsp3) is 0.439. The Labute approximate surface area is 298 Å². The van der Waals surface area contributed by atoms with Gasteiger partial charge in [-0.05, 0) is 63.1 Å². The summed E-state index contributed by atoms with van der Waals surface area (Å²) in [5, 5.41) is 1.57. The minimum absolute atomic E-state index is 0.0407. The predicted octanol–water partition coefficient (Wildman–Crippen LogP) is 5.40. The normalized spacial score (nSPS) is 18.9. The molecule has 0 N–H and O–H groups in total. The van der Waals surface area contributed by atoms with Crippen LogP contribution in [-0.4, -0.2) is 62.1 Å². The lowest BCUT2D eigenvalue weighted by Crippen LogP contribution is -2.45. The number of esters is 1. The molecule has 3 aromatic rings. The van der Waals surface area contributed by atoms with E-state index in [0.29, 0.717) is 35.1 Å². The predicted molar refractivity (Wildman–Crippen MR) is 186 cm³/mol. The average molecular weight is 715 g/mol. The first-order chi connectivity index (χ1) is 25.1. The number of piperidine rings is 1. The van der Waals surface area contributed by atoms with Gasteiger partial charge in [-0.2, -0.15) is 0 Å². The molecule has 6 aliphatic rings. The molecule has 0 radical (unpaired) electrons. The molecule has 0 atom stereocenters. The molecule has 9 rings (SSSR count). The smallest absolute Gasteiger partial charge is 0.333 e. The third kappa shape index (κ3) is 5.01. The highest BCUT2D eigenvalue weighted by molar-refractivity contribution is 6.03. The number of anilines is 1. The zero-order valence-electron chi connectivity index (χ0n) is 29.2. The molecule has 0 aromatic heterocycles. The van der Waals surface area contributed by atoms with E-state index in [1.807, 2.05) is 12.1 Å². The van der Waals surface area contributed by atoms with E-state index in [1.165, 1.54) is 11.8 Å². The Kier molecular flexibility index (Phi) is 7.97. The Morgan fingerprint density at radius 2 is 1.50 bits per heavy atom. The number of carbonyl (C=O) groups is 2. The summed E-state index contributed by atoms with van der Waals surface area (Å²) in [6.45, 7) is 8.85. The van der Waals surface area contributed by atoms with Crippen LogP contribution in [-0.2, 0) is 35.2 Å². The van der Waals surface area contributed by atoms with E-state index in [4.69, 9.17) is 9.47 Å². The largest absolute Gasteiger partial charge is 0.459 e. The Hall–Kier alpha value is -4.67. The molecule has 0 saturated carbocycles. The molecule has 6 aliphatic heterocycles. The van der Waals surface area contributed by atoms with Crippen molar-refractivity contribution >= 4 is 23.1 Å². The van der Waals surface area contributed by atoms with E-state index < -0.39 is 52.4 Å². The molecule has 1 saturated heterocycles. The quantitative estimate of drug-likeness (QED) is 0.0708. The van der Waals surface area contributed by atoms with Crippen molar-refractivity contribution in [3.05, 3.63) is 97.1 Å². The van der Waals surface area contributed by atoms with Gasteiger partial charge in [-0.1, -0.05) is 6.58 Å². The lowest BCUT2D eigenvalue weighted by Gasteiger charge is -2.39. The summed E-state index contributed by atoms with van der Waals surface area (Å²) in [5.41, 5.74) is 4.56. The van der Waals surface area contributed by atoms with Gasteiger partial charge in [-0.25, -0.2) is 26.9 Å². The molecular weight excluding hydrogens is 674 g/mol. The summed E-state index contributed by atoms with van der Waals surface area (Å²) in [6, 6.07) is 3.88. The first kappa shape index (κ1) is 33.2. The Morgan fingerprint density at radius 3 is 2.25 bits per heavy atom. The topological polar surface area (TPSA) is 62.1 Å². The van der Waals surface area contributed by atoms with Gasteiger partial charge in [0.05, 0.1) is 11.1 Å². The molecule has 6 heterocycles. The number of carbonyl (C=O) groups excluding carboxylic acids is 2. The van der Waals surface area contributed by atoms with Crippen LogP contribution in [0.5, 0.6) is 11.5 Å². The Morgan fingerprint density at radius 1 is 0.827 bits per heavy atom. The van der Waals surface area contributed by atoms with Crippen molar-refractivity contribution in [2.75, 3.05) is 44.2 Å². The van der Waals surface area contributed by atoms with E-state index >= 15 is 17.6 Å². The van der Waals surface area contributed by atoms with Crippen molar-refractivity contribution in [3.8, 4) is 11.5 Å². The molecule has 7 nitrogen and oxygen atoms in total. The molecule has 3 aromatic carbocycles. The number of benzene rings is 3. The number of ether oxygens (including phenoxy) is 2. The number of rotatable bonds is 4. The van der Waals surface area contributed by atoms with Gasteiger partial charge < -0.3 is 19.3 Å². The van der Waals surface area contributed by atoms with Crippen molar-refractivity contribution in [2.24, 2.45) is 0 Å². The van der Waals surface area contributed by atoms with Crippen LogP contribution < -0.4 is 24.8 Å². The molecule has 0 bridgehead atoms. The van der Waals surface area contributed by atoms with E-state index in [2.05, 4.69) is 16.1 Å². The fourth-order valence-electron chi connectivity index (χ4n) is 9.44. The van der Waals surface area contributed by atoms with Crippen LogP contribution in [0.1, 0.15) is 89.2 Å². The molecular formula is C41H40F4N3O4+. The summed E-state index contributed by atoms with van der Waals surface area (Å²) >= 11 is 0. The van der Waals surface area contributed by atoms with E-state index in [1.54, 1.807) is 0 Å². The van der Waals surface area contributed by atoms with Gasteiger partial charge in [0.2, 0.25) is 5.36 Å². The van der Waals surface area contributed by atoms with E-state index in [9.17, 15) is 9.59 Å². The number of likely N-dealkylation sites (tertiary alicyclic amines) is 1. The summed E-state index contributed by atoms with van der Waals surface area (Å²) in [5.74, 6) is -7.81. The van der Waals surface area contributed by atoms with Gasteiger partial charge in [0.1, 0.15) is 30.7 Å². The van der Waals surface area contributed by atoms with Gasteiger partial charge in [0.25, 0.3) is 5.91 Å². The Balaban J connectivity index is 1.30. The first-order valence-electron chi connectivity index (χ1n) is 18.6. The summed E-state index contributed by atoms with van der Waals surface area (Å²) in [4.78, 5) is 30.2. The molecule has 0 aliphatic carbocycles. The van der Waals surface area contributed by atoms with Crippen LogP contribution in [0.25, 0.3) is 5.57 Å². The summed E-state index contributed by atoms with van der Waals surface area (Å²) in [7, 11) is 0. The average Bonchev–Trinajstić information content (AvgIpc) is 3.15. The van der Waals surface area contributed by atoms with Crippen molar-refractivity contribution < 1.29 is 36.6 Å². The van der Waals surface area contributed by atoms with Crippen LogP contribution in [0, 0.1) is 23.3 Å². The molecule has 52 heavy (non-hydrogen) atoms. The maximum atomic E-state index is 16.8. The number of nitrogens with zero attached hydrogens (tertiary/aromatic N) is 3. The maximum Gasteiger partial charge on any atom is 0.333 e. The SMILES string of the molecule is C=C(C)C(=O)OC1CCN(C(=O)c2c(F)c(F)c(F)c(F)c2C2=c3cc4c5c(c3Oc3c2cc2c6c3CCCN6CCC2)CCC[N+]=5CCC4)CC1. The summed E-state index contributed by atoms with van der Waals surface area (Å²) in [6.07, 6.45) is 6.53. The van der Waals surface area contributed by atoms with Crippen LogP contribution in [0.3, 0.4) is 0 Å². The van der Waals surface area contributed by atoms with Crippen molar-refractivity contribution in [1.29, 1.82) is 0 Å². The van der Waals surface area contributed by atoms with Gasteiger partial charge in [0.15, 0.2) is 23.3 Å². The third-order valence-electron chi connectivity index (χ3n) is 11.8. The maximum absolute atomic E-state index is 16.8. The van der Waals surface area contributed by atoms with Crippen molar-refractivity contribution in [2.45, 2.75) is 77.2 Å². The van der Waals surface area contributed by atoms with Gasteiger partial charge in [0, 0.05) is 96.2 Å². The van der Waals surface area contributed by atoms with Gasteiger partial charge in [-0.15, -0.1) is 0 Å². The third-order valence-corrected chi connectivity index (χ3v) is 11.8. The number of amides is 1. The number of hydrogen-bond donors (Lipinski definition) is 0. The van der Waals surface area contributed by atoms with Crippen LogP contribution in [0.15, 0.2) is 24.3 Å². The second-order valence-electron chi connectivity index (χ2n) is 15.0. The lowest BCUT2D eigenvalue weighted by molar-refractivity contribution is -0.146.